The van der Waals surface area contributed by atoms with Crippen LogP contribution in [0.2, 0.25) is 0 Å². The fourth-order valence-corrected chi connectivity index (χ4v) is 5.03. The van der Waals surface area contributed by atoms with E-state index in [2.05, 4.69) is 11.1 Å². The predicted octanol–water partition coefficient (Wildman–Crippen LogP) is 4.34. The van der Waals surface area contributed by atoms with Gasteiger partial charge >= 0.3 is 0 Å². The standard InChI is InChI=1S/C24H22N2O2/c1-15-7-6-9-16(13-15)21(27)22-25-20-18-10-3-2-8-17(18)14-24(11-4-5-12-24)19(20)23(28)26-22/h2-3,6-10,13H,4-5,11-12,14H2,1H3,(H,25,26,28). The van der Waals surface area contributed by atoms with Crippen molar-refractivity contribution < 1.29 is 4.79 Å². The number of nitrogens with one attached hydrogen (secondary N) is 1. The van der Waals surface area contributed by atoms with Gasteiger partial charge in [0.2, 0.25) is 5.78 Å². The maximum Gasteiger partial charge on any atom is 0.255 e. The summed E-state index contributed by atoms with van der Waals surface area (Å²) in [6, 6.07) is 15.5. The van der Waals surface area contributed by atoms with Crippen molar-refractivity contribution in [2.45, 2.75) is 44.4 Å². The largest absolute Gasteiger partial charge is 0.303 e. The second-order valence-electron chi connectivity index (χ2n) is 8.16. The molecule has 1 N–H and O–H groups in total. The van der Waals surface area contributed by atoms with Gasteiger partial charge in [0.05, 0.1) is 11.3 Å². The van der Waals surface area contributed by atoms with E-state index in [0.717, 1.165) is 48.8 Å². The Hall–Kier alpha value is -3.01. The van der Waals surface area contributed by atoms with E-state index in [1.807, 2.05) is 43.3 Å². The molecule has 2 aliphatic carbocycles. The predicted molar refractivity (Wildman–Crippen MR) is 109 cm³/mol. The van der Waals surface area contributed by atoms with Gasteiger partial charge in [-0.05, 0) is 37.8 Å². The van der Waals surface area contributed by atoms with Crippen molar-refractivity contribution in [1.29, 1.82) is 0 Å². The quantitative estimate of drug-likeness (QED) is 0.683. The molecule has 0 bridgehead atoms. The first-order chi connectivity index (χ1) is 13.6. The maximum atomic E-state index is 13.2. The first-order valence-electron chi connectivity index (χ1n) is 9.92. The smallest absolute Gasteiger partial charge is 0.255 e. The number of carbonyl (C=O) groups is 1. The molecular formula is C24H22N2O2. The molecule has 5 rings (SSSR count). The van der Waals surface area contributed by atoms with Crippen LogP contribution in [-0.2, 0) is 11.8 Å². The second-order valence-corrected chi connectivity index (χ2v) is 8.16. The van der Waals surface area contributed by atoms with Crippen molar-refractivity contribution in [3.8, 4) is 11.3 Å². The third kappa shape index (κ3) is 2.55. The summed E-state index contributed by atoms with van der Waals surface area (Å²) in [6.07, 6.45) is 5.15. The Balaban J connectivity index is 1.72. The van der Waals surface area contributed by atoms with Gasteiger partial charge in [-0.2, -0.15) is 0 Å². The van der Waals surface area contributed by atoms with Crippen LogP contribution >= 0.6 is 0 Å². The SMILES string of the molecule is Cc1cccc(C(=O)c2nc3c(c(=O)[nH]2)C2(CCCC2)Cc2ccccc2-3)c1. The van der Waals surface area contributed by atoms with E-state index in [0.29, 0.717) is 11.3 Å². The maximum absolute atomic E-state index is 13.2. The van der Waals surface area contributed by atoms with Gasteiger partial charge in [0, 0.05) is 16.5 Å². The second kappa shape index (κ2) is 6.26. The normalized spacial score (nSPS) is 16.6. The molecule has 140 valence electrons. The number of benzene rings is 2. The van der Waals surface area contributed by atoms with Crippen LogP contribution in [0.3, 0.4) is 0 Å². The first kappa shape index (κ1) is 17.1. The van der Waals surface area contributed by atoms with Gasteiger partial charge in [-0.1, -0.05) is 60.9 Å². The van der Waals surface area contributed by atoms with E-state index in [1.165, 1.54) is 5.56 Å². The molecule has 0 radical (unpaired) electrons. The molecular weight excluding hydrogens is 348 g/mol. The zero-order valence-corrected chi connectivity index (χ0v) is 15.9. The van der Waals surface area contributed by atoms with Crippen LogP contribution in [0.5, 0.6) is 0 Å². The number of hydrogen-bond donors (Lipinski definition) is 1. The highest BCUT2D eigenvalue weighted by atomic mass is 16.1. The van der Waals surface area contributed by atoms with Crippen LogP contribution in [0.4, 0.5) is 0 Å². The molecule has 0 aliphatic heterocycles. The van der Waals surface area contributed by atoms with E-state index in [9.17, 15) is 9.59 Å². The summed E-state index contributed by atoms with van der Waals surface area (Å²) in [4.78, 5) is 33.8. The lowest BCUT2D eigenvalue weighted by Gasteiger charge is -2.35. The molecule has 1 aromatic heterocycles. The van der Waals surface area contributed by atoms with Crippen LogP contribution in [0.15, 0.2) is 53.3 Å². The average Bonchev–Trinajstić information content (AvgIpc) is 3.15. The van der Waals surface area contributed by atoms with Gasteiger partial charge in [-0.25, -0.2) is 4.98 Å². The minimum absolute atomic E-state index is 0.124. The number of rotatable bonds is 2. The van der Waals surface area contributed by atoms with Gasteiger partial charge < -0.3 is 4.98 Å². The summed E-state index contributed by atoms with van der Waals surface area (Å²) < 4.78 is 0. The first-order valence-corrected chi connectivity index (χ1v) is 9.92. The van der Waals surface area contributed by atoms with E-state index < -0.39 is 0 Å². The average molecular weight is 370 g/mol. The molecule has 0 amide bonds. The fraction of sp³-hybridized carbons (Fsp3) is 0.292. The third-order valence-corrected chi connectivity index (χ3v) is 6.31. The number of aromatic amines is 1. The minimum Gasteiger partial charge on any atom is -0.303 e. The summed E-state index contributed by atoms with van der Waals surface area (Å²) in [5, 5.41) is 0. The van der Waals surface area contributed by atoms with Crippen LogP contribution in [0.25, 0.3) is 11.3 Å². The Bertz CT molecular complexity index is 1150. The number of ketones is 1. The van der Waals surface area contributed by atoms with Crippen molar-refractivity contribution in [3.63, 3.8) is 0 Å². The molecule has 1 fully saturated rings. The molecule has 0 atom stereocenters. The summed E-state index contributed by atoms with van der Waals surface area (Å²) in [5.74, 6) is -0.119. The molecule has 3 aromatic rings. The number of aromatic nitrogens is 2. The van der Waals surface area contributed by atoms with E-state index in [1.54, 1.807) is 6.07 Å². The van der Waals surface area contributed by atoms with Gasteiger partial charge in [-0.15, -0.1) is 0 Å². The Labute approximate surface area is 163 Å². The highest BCUT2D eigenvalue weighted by molar-refractivity contribution is 6.06. The van der Waals surface area contributed by atoms with E-state index in [4.69, 9.17) is 4.98 Å². The third-order valence-electron chi connectivity index (χ3n) is 6.31. The molecule has 2 aliphatic rings. The van der Waals surface area contributed by atoms with E-state index in [-0.39, 0.29) is 22.6 Å². The Morgan fingerprint density at radius 3 is 2.64 bits per heavy atom. The summed E-state index contributed by atoms with van der Waals surface area (Å²) in [6.45, 7) is 1.94. The Kier molecular flexibility index (Phi) is 3.83. The van der Waals surface area contributed by atoms with Crippen molar-refractivity contribution in [3.05, 3.63) is 87.0 Å². The van der Waals surface area contributed by atoms with Crippen molar-refractivity contribution in [2.75, 3.05) is 0 Å². The number of H-pyrrole nitrogens is 1. The van der Waals surface area contributed by atoms with Crippen molar-refractivity contribution in [2.24, 2.45) is 0 Å². The molecule has 4 heteroatoms. The number of hydrogen-bond acceptors (Lipinski definition) is 3. The molecule has 0 unspecified atom stereocenters. The number of aryl methyl sites for hydroxylation is 1. The lowest BCUT2D eigenvalue weighted by molar-refractivity contribution is 0.102. The van der Waals surface area contributed by atoms with E-state index >= 15 is 0 Å². The van der Waals surface area contributed by atoms with Crippen LogP contribution in [0.1, 0.15) is 58.6 Å². The minimum atomic E-state index is -0.243. The van der Waals surface area contributed by atoms with Gasteiger partial charge in [-0.3, -0.25) is 9.59 Å². The lowest BCUT2D eigenvalue weighted by atomic mass is 9.68. The fourth-order valence-electron chi connectivity index (χ4n) is 5.03. The summed E-state index contributed by atoms with van der Waals surface area (Å²) in [7, 11) is 0. The number of nitrogens with zero attached hydrogens (tertiary/aromatic N) is 1. The van der Waals surface area contributed by atoms with Crippen LogP contribution in [0, 0.1) is 6.92 Å². The highest BCUT2D eigenvalue weighted by Crippen LogP contribution is 2.49. The van der Waals surface area contributed by atoms with Crippen molar-refractivity contribution >= 4 is 5.78 Å². The van der Waals surface area contributed by atoms with Gasteiger partial charge in [0.1, 0.15) is 0 Å². The Morgan fingerprint density at radius 1 is 1.07 bits per heavy atom. The summed E-state index contributed by atoms with van der Waals surface area (Å²) in [5.41, 5.74) is 4.94. The molecule has 1 saturated carbocycles. The number of carbonyl (C=O) groups excluding carboxylic acids is 1. The molecule has 1 spiro atoms. The van der Waals surface area contributed by atoms with Gasteiger partial charge in [0.25, 0.3) is 5.56 Å². The molecule has 28 heavy (non-hydrogen) atoms. The Morgan fingerprint density at radius 2 is 1.86 bits per heavy atom. The number of fused-ring (bicyclic) bond motifs is 4. The highest BCUT2D eigenvalue weighted by Gasteiger charge is 2.44. The topological polar surface area (TPSA) is 62.8 Å². The van der Waals surface area contributed by atoms with Gasteiger partial charge in [0.15, 0.2) is 5.82 Å². The molecule has 4 nitrogen and oxygen atoms in total. The molecule has 0 saturated heterocycles. The van der Waals surface area contributed by atoms with Crippen LogP contribution in [-0.4, -0.2) is 15.8 Å². The van der Waals surface area contributed by atoms with Crippen molar-refractivity contribution in [1.82, 2.24) is 9.97 Å². The zero-order valence-electron chi connectivity index (χ0n) is 15.9. The zero-order chi connectivity index (χ0) is 19.3. The summed E-state index contributed by atoms with van der Waals surface area (Å²) >= 11 is 0. The molecule has 1 heterocycles. The molecule has 2 aromatic carbocycles. The van der Waals surface area contributed by atoms with Crippen LogP contribution < -0.4 is 5.56 Å². The monoisotopic (exact) mass is 370 g/mol. The lowest BCUT2D eigenvalue weighted by Crippen LogP contribution is -2.38.